The monoisotopic (exact) mass is 352 g/mol. The van der Waals surface area contributed by atoms with E-state index in [1.165, 1.54) is 17.7 Å². The van der Waals surface area contributed by atoms with Crippen molar-refractivity contribution in [3.8, 4) is 0 Å². The zero-order chi connectivity index (χ0) is 18.0. The average Bonchev–Trinajstić information content (AvgIpc) is 2.96. The lowest BCUT2D eigenvalue weighted by Crippen LogP contribution is -2.52. The highest BCUT2D eigenvalue weighted by atomic mass is 19.1. The Balaban J connectivity index is 1.41. The minimum Gasteiger partial charge on any atom is -0.333 e. The predicted molar refractivity (Wildman–Crippen MR) is 99.9 cm³/mol. The lowest BCUT2D eigenvalue weighted by atomic mass is 9.84. The van der Waals surface area contributed by atoms with Crippen molar-refractivity contribution in [2.75, 3.05) is 13.1 Å². The zero-order valence-corrected chi connectivity index (χ0v) is 15.0. The van der Waals surface area contributed by atoms with Crippen LogP contribution in [0.5, 0.6) is 0 Å². The number of nitrogens with zero attached hydrogens (tertiary/aromatic N) is 2. The van der Waals surface area contributed by atoms with Crippen molar-refractivity contribution in [2.45, 2.75) is 44.3 Å². The van der Waals surface area contributed by atoms with Gasteiger partial charge in [0, 0.05) is 38.1 Å². The summed E-state index contributed by atoms with van der Waals surface area (Å²) in [7, 11) is 0. The van der Waals surface area contributed by atoms with Gasteiger partial charge in [0.05, 0.1) is 0 Å². The van der Waals surface area contributed by atoms with Crippen molar-refractivity contribution in [1.29, 1.82) is 0 Å². The maximum absolute atomic E-state index is 13.1. The number of benzene rings is 2. The van der Waals surface area contributed by atoms with Crippen molar-refractivity contribution in [3.63, 3.8) is 0 Å². The van der Waals surface area contributed by atoms with Crippen LogP contribution in [0.15, 0.2) is 54.6 Å². The van der Waals surface area contributed by atoms with Crippen molar-refractivity contribution < 1.29 is 9.18 Å². The minimum atomic E-state index is -0.188. The molecule has 0 N–H and O–H groups in total. The molecule has 2 saturated heterocycles. The average molecular weight is 352 g/mol. The Hall–Kier alpha value is -2.20. The molecule has 2 fully saturated rings. The number of hydrogen-bond donors (Lipinski definition) is 0. The van der Waals surface area contributed by atoms with Gasteiger partial charge in [0.25, 0.3) is 0 Å². The van der Waals surface area contributed by atoms with Gasteiger partial charge in [-0.1, -0.05) is 42.5 Å². The lowest BCUT2D eigenvalue weighted by molar-refractivity contribution is -0.133. The number of likely N-dealkylation sites (tertiary alicyclic amines) is 2. The third-order valence-electron chi connectivity index (χ3n) is 5.97. The van der Waals surface area contributed by atoms with E-state index < -0.39 is 0 Å². The molecule has 2 aromatic rings. The fraction of sp³-hybridized carbons (Fsp3) is 0.409. The molecular weight excluding hydrogens is 327 g/mol. The standard InChI is InChI=1S/C22H25FN2O/c23-20-8-6-19(7-9-20)16-24-14-12-22(13-15-24)11-10-21(26)25(22)17-18-4-2-1-3-5-18/h1-9H,10-17H2. The van der Waals surface area contributed by atoms with Gasteiger partial charge in [-0.2, -0.15) is 0 Å². The number of piperidine rings is 1. The molecule has 136 valence electrons. The van der Waals surface area contributed by atoms with Crippen molar-refractivity contribution >= 4 is 5.91 Å². The predicted octanol–water partition coefficient (Wildman–Crippen LogP) is 3.98. The van der Waals surface area contributed by atoms with Crippen molar-refractivity contribution in [1.82, 2.24) is 9.80 Å². The SMILES string of the molecule is O=C1CCC2(CCN(Cc3ccc(F)cc3)CC2)N1Cc1ccccc1. The van der Waals surface area contributed by atoms with Crippen LogP contribution in [-0.2, 0) is 17.9 Å². The van der Waals surface area contributed by atoms with Gasteiger partial charge in [0.15, 0.2) is 0 Å². The van der Waals surface area contributed by atoms with Crippen LogP contribution in [0.3, 0.4) is 0 Å². The molecule has 0 radical (unpaired) electrons. The number of amides is 1. The molecule has 1 spiro atoms. The fourth-order valence-electron chi connectivity index (χ4n) is 4.39. The molecule has 4 rings (SSSR count). The first-order valence-corrected chi connectivity index (χ1v) is 9.46. The zero-order valence-electron chi connectivity index (χ0n) is 15.0. The van der Waals surface area contributed by atoms with E-state index in [9.17, 15) is 9.18 Å². The van der Waals surface area contributed by atoms with E-state index in [-0.39, 0.29) is 11.4 Å². The summed E-state index contributed by atoms with van der Waals surface area (Å²) in [5, 5.41) is 0. The van der Waals surface area contributed by atoms with Gasteiger partial charge < -0.3 is 4.90 Å². The van der Waals surface area contributed by atoms with Crippen LogP contribution in [0, 0.1) is 5.82 Å². The Morgan fingerprint density at radius 1 is 0.846 bits per heavy atom. The van der Waals surface area contributed by atoms with Gasteiger partial charge in [0.2, 0.25) is 5.91 Å². The molecule has 2 aromatic carbocycles. The summed E-state index contributed by atoms with van der Waals surface area (Å²) < 4.78 is 13.1. The summed E-state index contributed by atoms with van der Waals surface area (Å²) in [6.45, 7) is 3.53. The molecule has 0 bridgehead atoms. The Kier molecular flexibility index (Phi) is 4.77. The molecule has 0 unspecified atom stereocenters. The molecule has 0 aromatic heterocycles. The van der Waals surface area contributed by atoms with Crippen LogP contribution in [-0.4, -0.2) is 34.3 Å². The molecule has 4 heteroatoms. The quantitative estimate of drug-likeness (QED) is 0.831. The normalized spacial score (nSPS) is 20.0. The van der Waals surface area contributed by atoms with Gasteiger partial charge >= 0.3 is 0 Å². The van der Waals surface area contributed by atoms with Crippen LogP contribution < -0.4 is 0 Å². The first-order chi connectivity index (χ1) is 12.6. The van der Waals surface area contributed by atoms with Crippen LogP contribution in [0.2, 0.25) is 0 Å². The van der Waals surface area contributed by atoms with Gasteiger partial charge in [-0.3, -0.25) is 9.69 Å². The molecule has 2 heterocycles. The first-order valence-electron chi connectivity index (χ1n) is 9.46. The number of hydrogen-bond acceptors (Lipinski definition) is 2. The molecule has 1 amide bonds. The number of carbonyl (C=O) groups is 1. The number of carbonyl (C=O) groups excluding carboxylic acids is 1. The molecule has 3 nitrogen and oxygen atoms in total. The summed E-state index contributed by atoms with van der Waals surface area (Å²) in [5.41, 5.74) is 2.37. The topological polar surface area (TPSA) is 23.6 Å². The molecule has 2 aliphatic heterocycles. The number of halogens is 1. The Morgan fingerprint density at radius 2 is 1.50 bits per heavy atom. The van der Waals surface area contributed by atoms with E-state index in [4.69, 9.17) is 0 Å². The van der Waals surface area contributed by atoms with E-state index >= 15 is 0 Å². The van der Waals surface area contributed by atoms with E-state index in [1.807, 2.05) is 30.3 Å². The summed E-state index contributed by atoms with van der Waals surface area (Å²) >= 11 is 0. The summed E-state index contributed by atoms with van der Waals surface area (Å²) in [4.78, 5) is 17.1. The van der Waals surface area contributed by atoms with Crippen LogP contribution >= 0.6 is 0 Å². The third-order valence-corrected chi connectivity index (χ3v) is 5.97. The summed E-state index contributed by atoms with van der Waals surface area (Å²) in [6, 6.07) is 17.1. The highest BCUT2D eigenvalue weighted by Gasteiger charge is 2.46. The second kappa shape index (κ2) is 7.20. The summed E-state index contributed by atoms with van der Waals surface area (Å²) in [6.07, 6.45) is 3.69. The maximum atomic E-state index is 13.1. The molecule has 0 saturated carbocycles. The van der Waals surface area contributed by atoms with Crippen molar-refractivity contribution in [3.05, 3.63) is 71.5 Å². The summed E-state index contributed by atoms with van der Waals surface area (Å²) in [5.74, 6) is 0.105. The second-order valence-corrected chi connectivity index (χ2v) is 7.59. The Labute approximate surface area is 154 Å². The van der Waals surface area contributed by atoms with Crippen LogP contribution in [0.1, 0.15) is 36.8 Å². The maximum Gasteiger partial charge on any atom is 0.223 e. The van der Waals surface area contributed by atoms with E-state index in [0.29, 0.717) is 12.3 Å². The smallest absolute Gasteiger partial charge is 0.223 e. The lowest BCUT2D eigenvalue weighted by Gasteiger charge is -2.45. The first kappa shape index (κ1) is 17.2. The van der Waals surface area contributed by atoms with E-state index in [1.54, 1.807) is 0 Å². The highest BCUT2D eigenvalue weighted by Crippen LogP contribution is 2.40. The largest absolute Gasteiger partial charge is 0.333 e. The van der Waals surface area contributed by atoms with E-state index in [0.717, 1.165) is 51.0 Å². The van der Waals surface area contributed by atoms with Gasteiger partial charge in [-0.15, -0.1) is 0 Å². The Bertz CT molecular complexity index is 751. The Morgan fingerprint density at radius 3 is 2.19 bits per heavy atom. The fourth-order valence-corrected chi connectivity index (χ4v) is 4.39. The minimum absolute atomic E-state index is 0.0201. The third kappa shape index (κ3) is 3.51. The van der Waals surface area contributed by atoms with Crippen molar-refractivity contribution in [2.24, 2.45) is 0 Å². The molecule has 0 atom stereocenters. The van der Waals surface area contributed by atoms with Crippen LogP contribution in [0.4, 0.5) is 4.39 Å². The van der Waals surface area contributed by atoms with Gasteiger partial charge in [-0.05, 0) is 42.5 Å². The molecule has 0 aliphatic carbocycles. The van der Waals surface area contributed by atoms with Gasteiger partial charge in [0.1, 0.15) is 5.82 Å². The molecule has 26 heavy (non-hydrogen) atoms. The van der Waals surface area contributed by atoms with E-state index in [2.05, 4.69) is 21.9 Å². The molecular formula is C22H25FN2O. The van der Waals surface area contributed by atoms with Crippen LogP contribution in [0.25, 0.3) is 0 Å². The highest BCUT2D eigenvalue weighted by molar-refractivity contribution is 5.79. The molecule has 2 aliphatic rings. The van der Waals surface area contributed by atoms with Gasteiger partial charge in [-0.25, -0.2) is 4.39 Å². The second-order valence-electron chi connectivity index (χ2n) is 7.59. The number of rotatable bonds is 4.